The predicted octanol–water partition coefficient (Wildman–Crippen LogP) is 3.19. The minimum absolute atomic E-state index is 0.135. The lowest BCUT2D eigenvalue weighted by Gasteiger charge is -2.34. The van der Waals surface area contributed by atoms with Crippen molar-refractivity contribution >= 4 is 18.7 Å². The van der Waals surface area contributed by atoms with E-state index in [2.05, 4.69) is 33.6 Å². The van der Waals surface area contributed by atoms with Gasteiger partial charge in [-0.1, -0.05) is 18.2 Å². The fourth-order valence-corrected chi connectivity index (χ4v) is 4.08. The number of piperazine rings is 1. The number of nitrogens with zero attached hydrogens (tertiary/aromatic N) is 5. The maximum Gasteiger partial charge on any atom is 0.415 e. The van der Waals surface area contributed by atoms with Crippen molar-refractivity contribution < 1.29 is 9.53 Å². The SMILES string of the molecule is Cn1ccnc1C(S)c1ccc(OC(=O)N2CCN(CCc3cccnc3)CC2)cc1. The summed E-state index contributed by atoms with van der Waals surface area (Å²) in [4.78, 5) is 25.2. The molecule has 4 rings (SSSR count). The molecule has 162 valence electrons. The Morgan fingerprint density at radius 2 is 1.90 bits per heavy atom. The van der Waals surface area contributed by atoms with E-state index in [1.807, 2.05) is 54.3 Å². The van der Waals surface area contributed by atoms with Gasteiger partial charge in [-0.15, -0.1) is 0 Å². The van der Waals surface area contributed by atoms with Gasteiger partial charge in [-0.05, 0) is 35.7 Å². The van der Waals surface area contributed by atoms with Crippen LogP contribution in [0.1, 0.15) is 22.2 Å². The topological polar surface area (TPSA) is 63.5 Å². The number of pyridine rings is 1. The smallest absolute Gasteiger partial charge is 0.410 e. The van der Waals surface area contributed by atoms with E-state index in [0.717, 1.165) is 37.4 Å². The summed E-state index contributed by atoms with van der Waals surface area (Å²) in [5, 5.41) is -0.135. The van der Waals surface area contributed by atoms with Gasteiger partial charge >= 0.3 is 6.09 Å². The van der Waals surface area contributed by atoms with Crippen LogP contribution in [0.25, 0.3) is 0 Å². The third kappa shape index (κ3) is 5.45. The summed E-state index contributed by atoms with van der Waals surface area (Å²) >= 11 is 4.67. The second-order valence-electron chi connectivity index (χ2n) is 7.68. The molecule has 1 saturated heterocycles. The molecule has 3 heterocycles. The van der Waals surface area contributed by atoms with Crippen LogP contribution in [0.2, 0.25) is 0 Å². The Morgan fingerprint density at radius 1 is 1.13 bits per heavy atom. The molecule has 3 aromatic rings. The monoisotopic (exact) mass is 437 g/mol. The standard InChI is InChI=1S/C23H27N5O2S/c1-26-12-10-25-22(26)21(31)19-4-6-20(7-5-19)30-23(29)28-15-13-27(14-16-28)11-8-18-3-2-9-24-17-18/h2-7,9-10,12,17,21,31H,8,11,13-16H2,1H3. The highest BCUT2D eigenvalue weighted by atomic mass is 32.1. The number of carbonyl (C=O) groups excluding carboxylic acids is 1. The zero-order chi connectivity index (χ0) is 21.6. The number of hydrogen-bond acceptors (Lipinski definition) is 6. The lowest BCUT2D eigenvalue weighted by atomic mass is 10.1. The van der Waals surface area contributed by atoms with Gasteiger partial charge in [0.15, 0.2) is 0 Å². The fourth-order valence-electron chi connectivity index (χ4n) is 3.66. The van der Waals surface area contributed by atoms with Crippen molar-refractivity contribution in [1.29, 1.82) is 0 Å². The molecule has 1 unspecified atom stereocenters. The van der Waals surface area contributed by atoms with Crippen molar-refractivity contribution in [2.45, 2.75) is 11.7 Å². The number of hydrogen-bond donors (Lipinski definition) is 1. The van der Waals surface area contributed by atoms with Crippen LogP contribution >= 0.6 is 12.6 Å². The summed E-state index contributed by atoms with van der Waals surface area (Å²) in [6.45, 7) is 4.00. The fraction of sp³-hybridized carbons (Fsp3) is 0.348. The summed E-state index contributed by atoms with van der Waals surface area (Å²) in [7, 11) is 1.94. The summed E-state index contributed by atoms with van der Waals surface area (Å²) in [5.74, 6) is 1.41. The lowest BCUT2D eigenvalue weighted by molar-refractivity contribution is 0.111. The number of rotatable bonds is 6. The van der Waals surface area contributed by atoms with Gasteiger partial charge in [0.2, 0.25) is 0 Å². The molecule has 0 spiro atoms. The Morgan fingerprint density at radius 3 is 2.55 bits per heavy atom. The van der Waals surface area contributed by atoms with Crippen LogP contribution in [0.15, 0.2) is 61.2 Å². The number of imidazole rings is 1. The van der Waals surface area contributed by atoms with Crippen LogP contribution in [0, 0.1) is 0 Å². The summed E-state index contributed by atoms with van der Waals surface area (Å²) in [6.07, 6.45) is 8.02. The van der Waals surface area contributed by atoms with Crippen LogP contribution in [-0.2, 0) is 13.5 Å². The van der Waals surface area contributed by atoms with E-state index < -0.39 is 0 Å². The summed E-state index contributed by atoms with van der Waals surface area (Å²) in [6, 6.07) is 11.5. The third-order valence-corrected chi connectivity index (χ3v) is 6.10. The number of aryl methyl sites for hydroxylation is 1. The van der Waals surface area contributed by atoms with Gasteiger partial charge in [0.05, 0.1) is 5.25 Å². The van der Waals surface area contributed by atoms with Gasteiger partial charge in [0, 0.05) is 64.6 Å². The highest BCUT2D eigenvalue weighted by molar-refractivity contribution is 7.80. The van der Waals surface area contributed by atoms with E-state index in [-0.39, 0.29) is 11.3 Å². The number of thiol groups is 1. The quantitative estimate of drug-likeness (QED) is 0.600. The molecule has 1 aromatic carbocycles. The number of amides is 1. The second-order valence-corrected chi connectivity index (χ2v) is 8.19. The van der Waals surface area contributed by atoms with Gasteiger partial charge in [0.25, 0.3) is 0 Å². The van der Waals surface area contributed by atoms with E-state index in [4.69, 9.17) is 4.74 Å². The number of carbonyl (C=O) groups is 1. The van der Waals surface area contributed by atoms with Crippen molar-refractivity contribution in [1.82, 2.24) is 24.3 Å². The number of aromatic nitrogens is 3. The molecule has 0 radical (unpaired) electrons. The Labute approximate surface area is 188 Å². The number of benzene rings is 1. The van der Waals surface area contributed by atoms with E-state index >= 15 is 0 Å². The van der Waals surface area contributed by atoms with Crippen LogP contribution < -0.4 is 4.74 Å². The molecule has 0 bridgehead atoms. The Balaban J connectivity index is 1.25. The summed E-state index contributed by atoms with van der Waals surface area (Å²) in [5.41, 5.74) is 2.24. The van der Waals surface area contributed by atoms with E-state index in [9.17, 15) is 4.79 Å². The maximum absolute atomic E-state index is 12.6. The minimum atomic E-state index is -0.300. The first-order valence-electron chi connectivity index (χ1n) is 10.4. The van der Waals surface area contributed by atoms with E-state index in [0.29, 0.717) is 18.8 Å². The van der Waals surface area contributed by atoms with Gasteiger partial charge in [-0.25, -0.2) is 9.78 Å². The van der Waals surface area contributed by atoms with Crippen molar-refractivity contribution in [3.8, 4) is 5.75 Å². The average Bonchev–Trinajstić information content (AvgIpc) is 3.24. The number of ether oxygens (including phenoxy) is 1. The second kappa shape index (κ2) is 9.98. The third-order valence-electron chi connectivity index (χ3n) is 5.57. The molecule has 0 saturated carbocycles. The van der Waals surface area contributed by atoms with Crippen molar-refractivity contribution in [2.75, 3.05) is 32.7 Å². The normalized spacial score (nSPS) is 15.6. The van der Waals surface area contributed by atoms with Crippen LogP contribution in [0.4, 0.5) is 4.79 Å². The molecule has 1 aliphatic heterocycles. The highest BCUT2D eigenvalue weighted by Gasteiger charge is 2.22. The van der Waals surface area contributed by atoms with Gasteiger partial charge in [0.1, 0.15) is 11.6 Å². The molecule has 31 heavy (non-hydrogen) atoms. The molecule has 1 fully saturated rings. The predicted molar refractivity (Wildman–Crippen MR) is 122 cm³/mol. The van der Waals surface area contributed by atoms with Crippen molar-refractivity contribution in [3.63, 3.8) is 0 Å². The lowest BCUT2D eigenvalue weighted by Crippen LogP contribution is -2.49. The minimum Gasteiger partial charge on any atom is -0.410 e. The first-order valence-corrected chi connectivity index (χ1v) is 10.9. The summed E-state index contributed by atoms with van der Waals surface area (Å²) < 4.78 is 7.53. The van der Waals surface area contributed by atoms with Gasteiger partial charge in [-0.2, -0.15) is 12.6 Å². The van der Waals surface area contributed by atoms with Crippen molar-refractivity contribution in [2.24, 2.45) is 7.05 Å². The maximum atomic E-state index is 12.6. The highest BCUT2D eigenvalue weighted by Crippen LogP contribution is 2.28. The Hall–Kier alpha value is -2.84. The first-order chi connectivity index (χ1) is 15.1. The average molecular weight is 438 g/mol. The van der Waals surface area contributed by atoms with Crippen LogP contribution in [-0.4, -0.2) is 63.2 Å². The van der Waals surface area contributed by atoms with Gasteiger partial charge in [-0.3, -0.25) is 9.88 Å². The zero-order valence-corrected chi connectivity index (χ0v) is 18.5. The molecule has 7 nitrogen and oxygen atoms in total. The Kier molecular flexibility index (Phi) is 6.89. The molecule has 1 amide bonds. The van der Waals surface area contributed by atoms with Crippen LogP contribution in [0.3, 0.4) is 0 Å². The molecule has 0 aliphatic carbocycles. The molecule has 1 atom stereocenters. The van der Waals surface area contributed by atoms with Crippen molar-refractivity contribution in [3.05, 3.63) is 78.1 Å². The molecule has 0 N–H and O–H groups in total. The molecular formula is C23H27N5O2S. The molecule has 8 heteroatoms. The Bertz CT molecular complexity index is 985. The largest absolute Gasteiger partial charge is 0.415 e. The zero-order valence-electron chi connectivity index (χ0n) is 17.6. The van der Waals surface area contributed by atoms with Crippen LogP contribution in [0.5, 0.6) is 5.75 Å². The molecule has 2 aromatic heterocycles. The van der Waals surface area contributed by atoms with Gasteiger partial charge < -0.3 is 14.2 Å². The molecule has 1 aliphatic rings. The van der Waals surface area contributed by atoms with E-state index in [1.54, 1.807) is 17.3 Å². The first kappa shape index (κ1) is 21.4. The van der Waals surface area contributed by atoms with E-state index in [1.165, 1.54) is 5.56 Å². The molecular weight excluding hydrogens is 410 g/mol.